The fraction of sp³-hybridized carbons (Fsp3) is 0.0833. The zero-order chi connectivity index (χ0) is 22.9. The molecule has 3 aromatic carbocycles. The number of nitrogens with one attached hydrogen (secondary N) is 2. The van der Waals surface area contributed by atoms with Gasteiger partial charge in [0.15, 0.2) is 0 Å². The van der Waals surface area contributed by atoms with Gasteiger partial charge >= 0.3 is 5.97 Å². The molecule has 3 rings (SSSR count). The second-order valence-corrected chi connectivity index (χ2v) is 7.69. The number of amides is 2. The first-order chi connectivity index (χ1) is 15.4. The van der Waals surface area contributed by atoms with Crippen molar-refractivity contribution >= 4 is 45.6 Å². The number of nitrogens with zero attached hydrogens (tertiary/aromatic N) is 1. The summed E-state index contributed by atoms with van der Waals surface area (Å²) in [4.78, 5) is 35.7. The Balaban J connectivity index is 1.64. The van der Waals surface area contributed by atoms with Crippen LogP contribution in [0.15, 0.2) is 82.4 Å². The predicted octanol–water partition coefficient (Wildman–Crippen LogP) is 4.32. The summed E-state index contributed by atoms with van der Waals surface area (Å²) >= 11 is 3.38. The third kappa shape index (κ3) is 6.88. The van der Waals surface area contributed by atoms with Crippen LogP contribution >= 0.6 is 15.9 Å². The van der Waals surface area contributed by atoms with Gasteiger partial charge in [0.2, 0.25) is 5.91 Å². The minimum absolute atomic E-state index is 0.138. The van der Waals surface area contributed by atoms with Crippen LogP contribution in [0.5, 0.6) is 5.75 Å². The maximum atomic E-state index is 12.3. The average Bonchev–Trinajstić information content (AvgIpc) is 2.76. The quantitative estimate of drug-likeness (QED) is 0.221. The molecule has 0 radical (unpaired) electrons. The molecular formula is C24H20BrN3O4. The van der Waals surface area contributed by atoms with Crippen molar-refractivity contribution in [3.8, 4) is 5.75 Å². The van der Waals surface area contributed by atoms with Gasteiger partial charge in [-0.1, -0.05) is 46.3 Å². The number of hydrazone groups is 1. The Bertz CT molecular complexity index is 1150. The van der Waals surface area contributed by atoms with E-state index in [1.165, 1.54) is 13.1 Å². The zero-order valence-corrected chi connectivity index (χ0v) is 18.8. The van der Waals surface area contributed by atoms with Gasteiger partial charge in [-0.15, -0.1) is 0 Å². The van der Waals surface area contributed by atoms with E-state index in [2.05, 4.69) is 31.8 Å². The Hall–Kier alpha value is -3.78. The molecule has 8 heteroatoms. The fourth-order valence-corrected chi connectivity index (χ4v) is 3.15. The topological polar surface area (TPSA) is 96.9 Å². The summed E-state index contributed by atoms with van der Waals surface area (Å²) in [5, 5.41) is 6.61. The highest BCUT2D eigenvalue weighted by molar-refractivity contribution is 9.10. The van der Waals surface area contributed by atoms with Gasteiger partial charge in [-0.3, -0.25) is 14.4 Å². The highest BCUT2D eigenvalue weighted by atomic mass is 79.9. The van der Waals surface area contributed by atoms with E-state index >= 15 is 0 Å². The SMILES string of the molecule is CC(=O)Nc1ccc(C(=O)N/N=C\c2cc(Br)ccc2OC(=O)Cc2ccccc2)cc1. The third-order valence-electron chi connectivity index (χ3n) is 4.22. The van der Waals surface area contributed by atoms with E-state index < -0.39 is 11.9 Å². The van der Waals surface area contributed by atoms with E-state index in [1.54, 1.807) is 42.5 Å². The van der Waals surface area contributed by atoms with Crippen LogP contribution in [-0.4, -0.2) is 24.0 Å². The number of rotatable bonds is 7. The summed E-state index contributed by atoms with van der Waals surface area (Å²) in [7, 11) is 0. The molecule has 2 amide bonds. The number of hydrogen-bond acceptors (Lipinski definition) is 5. The third-order valence-corrected chi connectivity index (χ3v) is 4.72. The number of hydrogen-bond donors (Lipinski definition) is 2. The molecule has 7 nitrogen and oxygen atoms in total. The van der Waals surface area contributed by atoms with Crippen LogP contribution in [0.3, 0.4) is 0 Å². The van der Waals surface area contributed by atoms with E-state index in [0.29, 0.717) is 22.6 Å². The van der Waals surface area contributed by atoms with Crippen LogP contribution in [-0.2, 0) is 16.0 Å². The maximum Gasteiger partial charge on any atom is 0.315 e. The number of benzene rings is 3. The number of esters is 1. The van der Waals surface area contributed by atoms with Gasteiger partial charge in [-0.25, -0.2) is 5.43 Å². The van der Waals surface area contributed by atoms with Gasteiger partial charge in [-0.2, -0.15) is 5.10 Å². The highest BCUT2D eigenvalue weighted by Crippen LogP contribution is 2.22. The van der Waals surface area contributed by atoms with Crippen molar-refractivity contribution in [3.05, 3.63) is 94.0 Å². The van der Waals surface area contributed by atoms with E-state index in [1.807, 2.05) is 30.3 Å². The molecule has 3 aromatic rings. The lowest BCUT2D eigenvalue weighted by atomic mass is 10.1. The molecule has 0 unspecified atom stereocenters. The van der Waals surface area contributed by atoms with Crippen molar-refractivity contribution in [1.29, 1.82) is 0 Å². The van der Waals surface area contributed by atoms with Gasteiger partial charge in [0, 0.05) is 28.2 Å². The van der Waals surface area contributed by atoms with E-state index in [0.717, 1.165) is 10.0 Å². The summed E-state index contributed by atoms with van der Waals surface area (Å²) in [5.74, 6) is -0.697. The Labute approximate surface area is 193 Å². The molecule has 0 aliphatic carbocycles. The Morgan fingerprint density at radius 2 is 1.72 bits per heavy atom. The lowest BCUT2D eigenvalue weighted by Gasteiger charge is -2.08. The summed E-state index contributed by atoms with van der Waals surface area (Å²) < 4.78 is 6.26. The zero-order valence-electron chi connectivity index (χ0n) is 17.2. The van der Waals surface area contributed by atoms with Crippen molar-refractivity contribution in [2.75, 3.05) is 5.32 Å². The second kappa shape index (κ2) is 11.0. The standard InChI is InChI=1S/C24H20BrN3O4/c1-16(29)27-21-10-7-18(8-11-21)24(31)28-26-15-19-14-20(25)9-12-22(19)32-23(30)13-17-5-3-2-4-6-17/h2-12,14-15H,13H2,1H3,(H,27,29)(H,28,31)/b26-15-. The number of carbonyl (C=O) groups excluding carboxylic acids is 3. The molecule has 32 heavy (non-hydrogen) atoms. The van der Waals surface area contributed by atoms with Crippen LogP contribution in [0.25, 0.3) is 0 Å². The normalized spacial score (nSPS) is 10.6. The lowest BCUT2D eigenvalue weighted by molar-refractivity contribution is -0.133. The largest absolute Gasteiger partial charge is 0.426 e. The van der Waals surface area contributed by atoms with Gasteiger partial charge in [0.25, 0.3) is 5.91 Å². The molecule has 0 aromatic heterocycles. The first-order valence-corrected chi connectivity index (χ1v) is 10.5. The Morgan fingerprint density at radius 3 is 2.41 bits per heavy atom. The fourth-order valence-electron chi connectivity index (χ4n) is 2.77. The second-order valence-electron chi connectivity index (χ2n) is 6.78. The summed E-state index contributed by atoms with van der Waals surface area (Å²) in [6, 6.07) is 20.8. The van der Waals surface area contributed by atoms with Crippen molar-refractivity contribution in [2.24, 2.45) is 5.10 Å². The van der Waals surface area contributed by atoms with Crippen molar-refractivity contribution in [1.82, 2.24) is 5.43 Å². The molecule has 0 atom stereocenters. The Morgan fingerprint density at radius 1 is 1.00 bits per heavy atom. The molecule has 0 aliphatic rings. The predicted molar refractivity (Wildman–Crippen MR) is 126 cm³/mol. The van der Waals surface area contributed by atoms with E-state index in [4.69, 9.17) is 4.74 Å². The van der Waals surface area contributed by atoms with E-state index in [-0.39, 0.29) is 12.3 Å². The molecule has 0 saturated carbocycles. The molecule has 0 spiro atoms. The number of anilines is 1. The van der Waals surface area contributed by atoms with Crippen LogP contribution in [0.4, 0.5) is 5.69 Å². The maximum absolute atomic E-state index is 12.3. The molecule has 0 heterocycles. The molecule has 0 bridgehead atoms. The van der Waals surface area contributed by atoms with Gasteiger partial charge in [0.1, 0.15) is 5.75 Å². The van der Waals surface area contributed by atoms with Gasteiger partial charge in [-0.05, 0) is 48.0 Å². The van der Waals surface area contributed by atoms with Crippen molar-refractivity contribution in [2.45, 2.75) is 13.3 Å². The summed E-state index contributed by atoms with van der Waals surface area (Å²) in [6.07, 6.45) is 1.54. The molecule has 0 fully saturated rings. The van der Waals surface area contributed by atoms with Gasteiger partial charge < -0.3 is 10.1 Å². The summed E-state index contributed by atoms with van der Waals surface area (Å²) in [6.45, 7) is 1.41. The molecular weight excluding hydrogens is 474 g/mol. The van der Waals surface area contributed by atoms with Gasteiger partial charge in [0.05, 0.1) is 12.6 Å². The minimum Gasteiger partial charge on any atom is -0.426 e. The smallest absolute Gasteiger partial charge is 0.315 e. The van der Waals surface area contributed by atoms with Crippen LogP contribution in [0.2, 0.25) is 0 Å². The number of halogens is 1. The number of carbonyl (C=O) groups is 3. The highest BCUT2D eigenvalue weighted by Gasteiger charge is 2.11. The van der Waals surface area contributed by atoms with E-state index in [9.17, 15) is 14.4 Å². The first kappa shape index (κ1) is 22.9. The van der Waals surface area contributed by atoms with Crippen LogP contribution in [0.1, 0.15) is 28.4 Å². The molecule has 0 aliphatic heterocycles. The summed E-state index contributed by atoms with van der Waals surface area (Å²) in [5.41, 5.74) is 4.77. The van der Waals surface area contributed by atoms with Crippen LogP contribution < -0.4 is 15.5 Å². The number of ether oxygens (including phenoxy) is 1. The molecule has 2 N–H and O–H groups in total. The molecule has 162 valence electrons. The molecule has 0 saturated heterocycles. The Kier molecular flexibility index (Phi) is 7.88. The van der Waals surface area contributed by atoms with Crippen molar-refractivity contribution in [3.63, 3.8) is 0 Å². The van der Waals surface area contributed by atoms with Crippen LogP contribution in [0, 0.1) is 0 Å². The first-order valence-electron chi connectivity index (χ1n) is 9.66. The monoisotopic (exact) mass is 493 g/mol. The average molecular weight is 494 g/mol. The lowest BCUT2D eigenvalue weighted by Crippen LogP contribution is -2.18. The minimum atomic E-state index is -0.423. The van der Waals surface area contributed by atoms with Crippen molar-refractivity contribution < 1.29 is 19.1 Å².